The Kier molecular flexibility index (Phi) is 4.29. The molecule has 0 fully saturated rings. The van der Waals surface area contributed by atoms with Gasteiger partial charge in [-0.05, 0) is 48.4 Å². The molecular formula is C15H16FNO3S. The predicted molar refractivity (Wildman–Crippen MR) is 79.1 cm³/mol. The first-order valence-electron chi connectivity index (χ1n) is 6.31. The third-order valence-corrected chi connectivity index (χ3v) is 5.10. The molecule has 112 valence electrons. The lowest BCUT2D eigenvalue weighted by atomic mass is 10.1. The van der Waals surface area contributed by atoms with Gasteiger partial charge in [0, 0.05) is 7.05 Å². The monoisotopic (exact) mass is 309 g/mol. The van der Waals surface area contributed by atoms with Crippen molar-refractivity contribution in [2.24, 2.45) is 0 Å². The van der Waals surface area contributed by atoms with E-state index in [2.05, 4.69) is 0 Å². The van der Waals surface area contributed by atoms with Crippen LogP contribution in [0.5, 0.6) is 0 Å². The fourth-order valence-electron chi connectivity index (χ4n) is 1.95. The minimum atomic E-state index is -3.80. The molecule has 0 aliphatic rings. The van der Waals surface area contributed by atoms with Crippen molar-refractivity contribution in [3.8, 4) is 0 Å². The second kappa shape index (κ2) is 5.83. The summed E-state index contributed by atoms with van der Waals surface area (Å²) in [6, 6.07) is 9.91. The number of hydrogen-bond acceptors (Lipinski definition) is 3. The number of aliphatic hydroxyl groups excluding tert-OH is 1. The molecule has 0 heterocycles. The van der Waals surface area contributed by atoms with Crippen LogP contribution in [0.3, 0.4) is 0 Å². The van der Waals surface area contributed by atoms with Crippen LogP contribution in [-0.2, 0) is 16.6 Å². The van der Waals surface area contributed by atoms with E-state index >= 15 is 0 Å². The van der Waals surface area contributed by atoms with Gasteiger partial charge in [0.05, 0.1) is 17.2 Å². The lowest BCUT2D eigenvalue weighted by Crippen LogP contribution is -2.26. The zero-order chi connectivity index (χ0) is 15.6. The standard InChI is InChI=1S/C15H16FNO3S/c1-11-6-7-15(8-12(11)10-18)21(19,20)17(2)14-5-3-4-13(16)9-14/h3-9,18H,10H2,1-2H3. The summed E-state index contributed by atoms with van der Waals surface area (Å²) in [5, 5.41) is 9.24. The van der Waals surface area contributed by atoms with Crippen LogP contribution < -0.4 is 4.31 Å². The molecule has 0 saturated heterocycles. The van der Waals surface area contributed by atoms with Gasteiger partial charge in [0.1, 0.15) is 5.82 Å². The van der Waals surface area contributed by atoms with Crippen molar-refractivity contribution < 1.29 is 17.9 Å². The molecule has 0 atom stereocenters. The van der Waals surface area contributed by atoms with E-state index in [1.54, 1.807) is 13.0 Å². The van der Waals surface area contributed by atoms with E-state index in [1.807, 2.05) is 0 Å². The Hall–Kier alpha value is -1.92. The summed E-state index contributed by atoms with van der Waals surface area (Å²) in [5.41, 5.74) is 1.59. The number of aryl methyl sites for hydroxylation is 1. The summed E-state index contributed by atoms with van der Waals surface area (Å²) in [5.74, 6) is -0.505. The number of halogens is 1. The Labute approximate surface area is 123 Å². The second-order valence-electron chi connectivity index (χ2n) is 4.70. The van der Waals surface area contributed by atoms with E-state index in [-0.39, 0.29) is 17.2 Å². The second-order valence-corrected chi connectivity index (χ2v) is 6.67. The Balaban J connectivity index is 2.46. The highest BCUT2D eigenvalue weighted by Crippen LogP contribution is 2.24. The van der Waals surface area contributed by atoms with Gasteiger partial charge in [-0.2, -0.15) is 0 Å². The van der Waals surface area contributed by atoms with Crippen LogP contribution in [0.15, 0.2) is 47.4 Å². The van der Waals surface area contributed by atoms with Crippen LogP contribution in [0.25, 0.3) is 0 Å². The van der Waals surface area contributed by atoms with Crippen LogP contribution >= 0.6 is 0 Å². The number of aliphatic hydroxyl groups is 1. The Morgan fingerprint density at radius 1 is 1.19 bits per heavy atom. The minimum absolute atomic E-state index is 0.0592. The fraction of sp³-hybridized carbons (Fsp3) is 0.200. The highest BCUT2D eigenvalue weighted by molar-refractivity contribution is 7.92. The Bertz CT molecular complexity index is 759. The molecule has 0 aromatic heterocycles. The topological polar surface area (TPSA) is 57.6 Å². The van der Waals surface area contributed by atoms with Crippen molar-refractivity contribution in [1.29, 1.82) is 0 Å². The first kappa shape index (κ1) is 15.5. The lowest BCUT2D eigenvalue weighted by molar-refractivity contribution is 0.280. The molecule has 0 unspecified atom stereocenters. The van der Waals surface area contributed by atoms with Crippen LogP contribution in [0.2, 0.25) is 0 Å². The van der Waals surface area contributed by atoms with Crippen molar-refractivity contribution in [3.05, 3.63) is 59.4 Å². The smallest absolute Gasteiger partial charge is 0.264 e. The zero-order valence-corrected chi connectivity index (χ0v) is 12.6. The van der Waals surface area contributed by atoms with Gasteiger partial charge in [0.2, 0.25) is 0 Å². The van der Waals surface area contributed by atoms with Gasteiger partial charge in [-0.3, -0.25) is 4.31 Å². The van der Waals surface area contributed by atoms with Gasteiger partial charge in [0.15, 0.2) is 0 Å². The molecule has 2 aromatic rings. The van der Waals surface area contributed by atoms with Crippen molar-refractivity contribution in [2.75, 3.05) is 11.4 Å². The van der Waals surface area contributed by atoms with E-state index in [0.717, 1.165) is 15.9 Å². The largest absolute Gasteiger partial charge is 0.392 e. The van der Waals surface area contributed by atoms with E-state index in [1.165, 1.54) is 37.4 Å². The minimum Gasteiger partial charge on any atom is -0.392 e. The normalized spacial score (nSPS) is 11.4. The number of benzene rings is 2. The summed E-state index contributed by atoms with van der Waals surface area (Å²) in [6.07, 6.45) is 0. The quantitative estimate of drug-likeness (QED) is 0.944. The number of anilines is 1. The molecule has 0 spiro atoms. The molecule has 0 aliphatic carbocycles. The van der Waals surface area contributed by atoms with Gasteiger partial charge in [0.25, 0.3) is 10.0 Å². The van der Waals surface area contributed by atoms with E-state index in [0.29, 0.717) is 5.56 Å². The molecule has 0 aliphatic heterocycles. The molecule has 0 radical (unpaired) electrons. The van der Waals surface area contributed by atoms with Crippen LogP contribution in [0, 0.1) is 12.7 Å². The highest BCUT2D eigenvalue weighted by atomic mass is 32.2. The number of hydrogen-bond donors (Lipinski definition) is 1. The Morgan fingerprint density at radius 2 is 1.90 bits per heavy atom. The maximum Gasteiger partial charge on any atom is 0.264 e. The number of nitrogens with zero attached hydrogens (tertiary/aromatic N) is 1. The summed E-state index contributed by atoms with van der Waals surface area (Å²) >= 11 is 0. The SMILES string of the molecule is Cc1ccc(S(=O)(=O)N(C)c2cccc(F)c2)cc1CO. The average molecular weight is 309 g/mol. The Morgan fingerprint density at radius 3 is 2.52 bits per heavy atom. The summed E-state index contributed by atoms with van der Waals surface area (Å²) < 4.78 is 39.3. The molecule has 2 rings (SSSR count). The third-order valence-electron chi connectivity index (χ3n) is 3.32. The van der Waals surface area contributed by atoms with Crippen LogP contribution in [0.4, 0.5) is 10.1 Å². The average Bonchev–Trinajstić information content (AvgIpc) is 2.46. The van der Waals surface area contributed by atoms with Crippen LogP contribution in [0.1, 0.15) is 11.1 Å². The molecule has 6 heteroatoms. The summed E-state index contributed by atoms with van der Waals surface area (Å²) in [4.78, 5) is 0.0592. The van der Waals surface area contributed by atoms with Gasteiger partial charge >= 0.3 is 0 Å². The molecule has 2 aromatic carbocycles. The third kappa shape index (κ3) is 3.06. The molecular weight excluding hydrogens is 293 g/mol. The van der Waals surface area contributed by atoms with Crippen molar-refractivity contribution in [2.45, 2.75) is 18.4 Å². The maximum absolute atomic E-state index is 13.2. The molecule has 1 N–H and O–H groups in total. The van der Waals surface area contributed by atoms with Crippen LogP contribution in [-0.4, -0.2) is 20.6 Å². The van der Waals surface area contributed by atoms with Crippen molar-refractivity contribution in [1.82, 2.24) is 0 Å². The summed E-state index contributed by atoms with van der Waals surface area (Å²) in [7, 11) is -2.44. The molecule has 0 amide bonds. The van der Waals surface area contributed by atoms with Gasteiger partial charge < -0.3 is 5.11 Å². The number of sulfonamides is 1. The van der Waals surface area contributed by atoms with Crippen molar-refractivity contribution >= 4 is 15.7 Å². The highest BCUT2D eigenvalue weighted by Gasteiger charge is 2.22. The predicted octanol–water partition coefficient (Wildman–Crippen LogP) is 2.45. The van der Waals surface area contributed by atoms with E-state index in [9.17, 15) is 17.9 Å². The van der Waals surface area contributed by atoms with Gasteiger partial charge in [-0.15, -0.1) is 0 Å². The first-order valence-corrected chi connectivity index (χ1v) is 7.75. The van der Waals surface area contributed by atoms with E-state index < -0.39 is 15.8 Å². The maximum atomic E-state index is 13.2. The van der Waals surface area contributed by atoms with Crippen molar-refractivity contribution in [3.63, 3.8) is 0 Å². The molecule has 21 heavy (non-hydrogen) atoms. The van der Waals surface area contributed by atoms with Gasteiger partial charge in [-0.25, -0.2) is 12.8 Å². The summed E-state index contributed by atoms with van der Waals surface area (Å²) in [6.45, 7) is 1.55. The number of rotatable bonds is 4. The zero-order valence-electron chi connectivity index (χ0n) is 11.7. The molecule has 0 bridgehead atoms. The first-order chi connectivity index (χ1) is 9.86. The van der Waals surface area contributed by atoms with Gasteiger partial charge in [-0.1, -0.05) is 12.1 Å². The fourth-order valence-corrected chi connectivity index (χ4v) is 3.19. The van der Waals surface area contributed by atoms with E-state index in [4.69, 9.17) is 0 Å². The molecule has 4 nitrogen and oxygen atoms in total. The molecule has 0 saturated carbocycles. The lowest BCUT2D eigenvalue weighted by Gasteiger charge is -2.20.